The summed E-state index contributed by atoms with van der Waals surface area (Å²) in [7, 11) is 1.56. The number of hydrogen-bond donors (Lipinski definition) is 1. The van der Waals surface area contributed by atoms with E-state index < -0.39 is 11.5 Å². The Hall–Kier alpha value is -1.49. The molecular weight excluding hydrogens is 211 g/mol. The van der Waals surface area contributed by atoms with Crippen molar-refractivity contribution in [1.82, 2.24) is 10.3 Å². The number of carbonyl (C=O) groups is 1. The fourth-order valence-electron chi connectivity index (χ4n) is 1.32. The van der Waals surface area contributed by atoms with Crippen molar-refractivity contribution in [3.8, 4) is 0 Å². The number of hydrogen-bond acceptors (Lipinski definition) is 3. The van der Waals surface area contributed by atoms with Crippen LogP contribution in [0.25, 0.3) is 0 Å². The molecule has 1 aromatic rings. The highest BCUT2D eigenvalue weighted by Gasteiger charge is 2.21. The molecule has 1 rings (SSSR count). The Morgan fingerprint density at radius 1 is 1.62 bits per heavy atom. The molecule has 0 saturated heterocycles. The Bertz CT molecular complexity index is 380. The van der Waals surface area contributed by atoms with Crippen molar-refractivity contribution in [3.63, 3.8) is 0 Å². The molecule has 0 fully saturated rings. The molecule has 0 aromatic carbocycles. The van der Waals surface area contributed by atoms with Gasteiger partial charge in [0.25, 0.3) is 5.91 Å². The molecule has 16 heavy (non-hydrogen) atoms. The summed E-state index contributed by atoms with van der Waals surface area (Å²) in [6.07, 6.45) is 1.26. The number of rotatable bonds is 4. The minimum absolute atomic E-state index is 0.247. The number of carbonyl (C=O) groups excluding carboxylic acids is 1. The minimum Gasteiger partial charge on any atom is -0.382 e. The molecule has 1 N–H and O–H groups in total. The summed E-state index contributed by atoms with van der Waals surface area (Å²) >= 11 is 0. The molecular formula is C11H15FN2O2. The maximum Gasteiger partial charge on any atom is 0.251 e. The summed E-state index contributed by atoms with van der Waals surface area (Å²) in [5, 5.41) is 2.74. The summed E-state index contributed by atoms with van der Waals surface area (Å²) in [6.45, 7) is 4.03. The first-order chi connectivity index (χ1) is 7.44. The SMILES string of the molecule is COCC(C)(C)NC(=O)c1ccnc(F)c1. The topological polar surface area (TPSA) is 51.2 Å². The van der Waals surface area contributed by atoms with E-state index in [2.05, 4.69) is 10.3 Å². The lowest BCUT2D eigenvalue weighted by Crippen LogP contribution is -2.46. The van der Waals surface area contributed by atoms with Gasteiger partial charge in [0.15, 0.2) is 0 Å². The van der Waals surface area contributed by atoms with Gasteiger partial charge in [-0.1, -0.05) is 0 Å². The van der Waals surface area contributed by atoms with E-state index in [1.54, 1.807) is 7.11 Å². The lowest BCUT2D eigenvalue weighted by molar-refractivity contribution is 0.0819. The maximum absolute atomic E-state index is 12.8. The third-order valence-electron chi connectivity index (χ3n) is 1.95. The van der Waals surface area contributed by atoms with Crippen molar-refractivity contribution < 1.29 is 13.9 Å². The van der Waals surface area contributed by atoms with Crippen LogP contribution in [-0.4, -0.2) is 30.1 Å². The number of nitrogens with zero attached hydrogens (tertiary/aromatic N) is 1. The highest BCUT2D eigenvalue weighted by Crippen LogP contribution is 2.06. The lowest BCUT2D eigenvalue weighted by atomic mass is 10.1. The first kappa shape index (κ1) is 12.6. The van der Waals surface area contributed by atoms with Gasteiger partial charge in [0.05, 0.1) is 12.1 Å². The van der Waals surface area contributed by atoms with Crippen LogP contribution in [0.2, 0.25) is 0 Å². The Kier molecular flexibility index (Phi) is 3.95. The maximum atomic E-state index is 12.8. The van der Waals surface area contributed by atoms with Crippen LogP contribution in [0.3, 0.4) is 0 Å². The van der Waals surface area contributed by atoms with Crippen molar-refractivity contribution in [2.45, 2.75) is 19.4 Å². The van der Waals surface area contributed by atoms with Crippen LogP contribution in [0.4, 0.5) is 4.39 Å². The predicted molar refractivity (Wildman–Crippen MR) is 57.6 cm³/mol. The van der Waals surface area contributed by atoms with E-state index in [4.69, 9.17) is 4.74 Å². The average molecular weight is 226 g/mol. The molecule has 5 heteroatoms. The summed E-state index contributed by atoms with van der Waals surface area (Å²) in [6, 6.07) is 2.56. The number of methoxy groups -OCH3 is 1. The van der Waals surface area contributed by atoms with Gasteiger partial charge in [-0.15, -0.1) is 0 Å². The van der Waals surface area contributed by atoms with Crippen molar-refractivity contribution in [1.29, 1.82) is 0 Å². The van der Waals surface area contributed by atoms with E-state index in [1.165, 1.54) is 12.3 Å². The van der Waals surface area contributed by atoms with Crippen LogP contribution in [0.1, 0.15) is 24.2 Å². The normalized spacial score (nSPS) is 11.2. The Balaban J connectivity index is 2.72. The van der Waals surface area contributed by atoms with Gasteiger partial charge in [0.2, 0.25) is 5.95 Å². The van der Waals surface area contributed by atoms with Gasteiger partial charge in [-0.3, -0.25) is 4.79 Å². The van der Waals surface area contributed by atoms with Crippen LogP contribution in [0.5, 0.6) is 0 Å². The van der Waals surface area contributed by atoms with Crippen molar-refractivity contribution in [3.05, 3.63) is 29.8 Å². The molecule has 0 aliphatic rings. The highest BCUT2D eigenvalue weighted by atomic mass is 19.1. The molecule has 0 bridgehead atoms. The van der Waals surface area contributed by atoms with Crippen LogP contribution >= 0.6 is 0 Å². The molecule has 88 valence electrons. The third kappa shape index (κ3) is 3.58. The Labute approximate surface area is 93.8 Å². The van der Waals surface area contributed by atoms with Crippen LogP contribution in [-0.2, 0) is 4.74 Å². The fraction of sp³-hybridized carbons (Fsp3) is 0.455. The largest absolute Gasteiger partial charge is 0.382 e. The summed E-state index contributed by atoms with van der Waals surface area (Å²) in [5.74, 6) is -1.01. The van der Waals surface area contributed by atoms with Crippen LogP contribution < -0.4 is 5.32 Å². The molecule has 0 spiro atoms. The summed E-state index contributed by atoms with van der Waals surface area (Å²) in [4.78, 5) is 15.1. The van der Waals surface area contributed by atoms with Gasteiger partial charge in [-0.2, -0.15) is 4.39 Å². The van der Waals surface area contributed by atoms with Crippen molar-refractivity contribution >= 4 is 5.91 Å². The zero-order valence-electron chi connectivity index (χ0n) is 9.58. The lowest BCUT2D eigenvalue weighted by Gasteiger charge is -2.25. The molecule has 1 amide bonds. The van der Waals surface area contributed by atoms with Gasteiger partial charge >= 0.3 is 0 Å². The number of pyridine rings is 1. The molecule has 0 saturated carbocycles. The van der Waals surface area contributed by atoms with E-state index in [-0.39, 0.29) is 11.5 Å². The van der Waals surface area contributed by atoms with Gasteiger partial charge in [-0.05, 0) is 19.9 Å². The fourth-order valence-corrected chi connectivity index (χ4v) is 1.32. The number of aromatic nitrogens is 1. The van der Waals surface area contributed by atoms with E-state index in [1.807, 2.05) is 13.8 Å². The number of amides is 1. The van der Waals surface area contributed by atoms with Crippen molar-refractivity contribution in [2.24, 2.45) is 0 Å². The molecule has 4 nitrogen and oxygen atoms in total. The Morgan fingerprint density at radius 3 is 2.88 bits per heavy atom. The molecule has 0 radical (unpaired) electrons. The smallest absolute Gasteiger partial charge is 0.251 e. The van der Waals surface area contributed by atoms with Gasteiger partial charge in [0, 0.05) is 24.9 Å². The number of halogens is 1. The molecule has 1 heterocycles. The van der Waals surface area contributed by atoms with Crippen LogP contribution in [0, 0.1) is 5.95 Å². The second-order valence-corrected chi connectivity index (χ2v) is 4.14. The highest BCUT2D eigenvalue weighted by molar-refractivity contribution is 5.94. The second kappa shape index (κ2) is 5.03. The Morgan fingerprint density at radius 2 is 2.31 bits per heavy atom. The van der Waals surface area contributed by atoms with Crippen molar-refractivity contribution in [2.75, 3.05) is 13.7 Å². The zero-order valence-corrected chi connectivity index (χ0v) is 9.58. The molecule has 0 aliphatic heterocycles. The second-order valence-electron chi connectivity index (χ2n) is 4.14. The van der Waals surface area contributed by atoms with E-state index >= 15 is 0 Å². The zero-order chi connectivity index (χ0) is 12.2. The minimum atomic E-state index is -0.669. The summed E-state index contributed by atoms with van der Waals surface area (Å²) in [5.41, 5.74) is -0.248. The first-order valence-corrected chi connectivity index (χ1v) is 4.87. The number of nitrogens with one attached hydrogen (secondary N) is 1. The molecule has 0 atom stereocenters. The van der Waals surface area contributed by atoms with Gasteiger partial charge < -0.3 is 10.1 Å². The van der Waals surface area contributed by atoms with E-state index in [0.29, 0.717) is 6.61 Å². The average Bonchev–Trinajstić information content (AvgIpc) is 2.16. The standard InChI is InChI=1S/C11H15FN2O2/c1-11(2,7-16-3)14-10(15)8-4-5-13-9(12)6-8/h4-6H,7H2,1-3H3,(H,14,15). The summed E-state index contributed by atoms with van der Waals surface area (Å²) < 4.78 is 17.8. The molecule has 1 aromatic heterocycles. The molecule has 0 aliphatic carbocycles. The van der Waals surface area contributed by atoms with E-state index in [9.17, 15) is 9.18 Å². The van der Waals surface area contributed by atoms with Crippen LogP contribution in [0.15, 0.2) is 18.3 Å². The monoisotopic (exact) mass is 226 g/mol. The quantitative estimate of drug-likeness (QED) is 0.789. The van der Waals surface area contributed by atoms with Gasteiger partial charge in [-0.25, -0.2) is 4.98 Å². The number of ether oxygens (including phenoxy) is 1. The van der Waals surface area contributed by atoms with E-state index in [0.717, 1.165) is 6.07 Å². The third-order valence-corrected chi connectivity index (χ3v) is 1.95. The predicted octanol–water partition coefficient (Wildman–Crippen LogP) is 1.38. The first-order valence-electron chi connectivity index (χ1n) is 4.87. The molecule has 0 unspecified atom stereocenters. The van der Waals surface area contributed by atoms with Gasteiger partial charge in [0.1, 0.15) is 0 Å².